The van der Waals surface area contributed by atoms with Crippen LogP contribution in [0.3, 0.4) is 0 Å². The summed E-state index contributed by atoms with van der Waals surface area (Å²) >= 11 is 0. The molecular formula is C13H14FN3O. The number of nitrogens with zero attached hydrogens (tertiary/aromatic N) is 3. The first-order chi connectivity index (χ1) is 8.83. The third-order valence-electron chi connectivity index (χ3n) is 3.39. The Kier molecular flexibility index (Phi) is 3.04. The van der Waals surface area contributed by atoms with Gasteiger partial charge in [-0.3, -0.25) is 0 Å². The fourth-order valence-corrected chi connectivity index (χ4v) is 2.38. The molecule has 18 heavy (non-hydrogen) atoms. The molecule has 1 aliphatic rings. The van der Waals surface area contributed by atoms with Gasteiger partial charge in [-0.15, -0.1) is 0 Å². The predicted octanol–water partition coefficient (Wildman–Crippen LogP) is 3.32. The Bertz CT molecular complexity index is 517. The zero-order valence-corrected chi connectivity index (χ0v) is 9.97. The molecule has 0 radical (unpaired) electrons. The molecule has 0 unspecified atom stereocenters. The standard InChI is InChI=1S/C13H14FN3O/c14-11-7-6-10(8-15-11)13-16-12(17-18-13)9-4-2-1-3-5-9/h6-9H,1-5H2. The van der Waals surface area contributed by atoms with Gasteiger partial charge in [-0.2, -0.15) is 9.37 Å². The Morgan fingerprint density at radius 2 is 2.00 bits per heavy atom. The van der Waals surface area contributed by atoms with Crippen molar-refractivity contribution in [2.75, 3.05) is 0 Å². The minimum atomic E-state index is -0.509. The zero-order chi connectivity index (χ0) is 12.4. The minimum Gasteiger partial charge on any atom is -0.334 e. The van der Waals surface area contributed by atoms with Gasteiger partial charge in [0, 0.05) is 12.1 Å². The number of aromatic nitrogens is 3. The van der Waals surface area contributed by atoms with Crippen LogP contribution >= 0.6 is 0 Å². The highest BCUT2D eigenvalue weighted by molar-refractivity contribution is 5.50. The molecule has 1 saturated carbocycles. The average Bonchev–Trinajstić information content (AvgIpc) is 2.90. The molecule has 94 valence electrons. The molecule has 0 atom stereocenters. The second kappa shape index (κ2) is 4.84. The van der Waals surface area contributed by atoms with E-state index in [1.165, 1.54) is 31.5 Å². The fourth-order valence-electron chi connectivity index (χ4n) is 2.38. The summed E-state index contributed by atoms with van der Waals surface area (Å²) in [5.41, 5.74) is 0.658. The third kappa shape index (κ3) is 2.25. The third-order valence-corrected chi connectivity index (χ3v) is 3.39. The first kappa shape index (κ1) is 11.3. The van der Waals surface area contributed by atoms with Crippen molar-refractivity contribution >= 4 is 0 Å². The largest absolute Gasteiger partial charge is 0.334 e. The van der Waals surface area contributed by atoms with Gasteiger partial charge < -0.3 is 4.52 Å². The van der Waals surface area contributed by atoms with Gasteiger partial charge in [0.1, 0.15) is 0 Å². The summed E-state index contributed by atoms with van der Waals surface area (Å²) in [4.78, 5) is 7.98. The molecule has 2 aromatic heterocycles. The van der Waals surface area contributed by atoms with E-state index in [4.69, 9.17) is 4.52 Å². The number of hydrogen-bond donors (Lipinski definition) is 0. The lowest BCUT2D eigenvalue weighted by Crippen LogP contribution is -2.06. The minimum absolute atomic E-state index is 0.407. The monoisotopic (exact) mass is 247 g/mol. The van der Waals surface area contributed by atoms with Crippen molar-refractivity contribution in [3.05, 3.63) is 30.1 Å². The van der Waals surface area contributed by atoms with Crippen LogP contribution < -0.4 is 0 Å². The summed E-state index contributed by atoms with van der Waals surface area (Å²) in [5, 5.41) is 4.03. The summed E-state index contributed by atoms with van der Waals surface area (Å²) in [6.45, 7) is 0. The Balaban J connectivity index is 1.82. The van der Waals surface area contributed by atoms with E-state index in [9.17, 15) is 4.39 Å². The molecule has 1 aliphatic carbocycles. The zero-order valence-electron chi connectivity index (χ0n) is 9.97. The van der Waals surface area contributed by atoms with Crippen LogP contribution in [0.2, 0.25) is 0 Å². The van der Waals surface area contributed by atoms with E-state index in [1.54, 1.807) is 6.07 Å². The number of hydrogen-bond acceptors (Lipinski definition) is 4. The molecule has 4 nitrogen and oxygen atoms in total. The smallest absolute Gasteiger partial charge is 0.259 e. The normalized spacial score (nSPS) is 16.9. The molecule has 1 fully saturated rings. The summed E-state index contributed by atoms with van der Waals surface area (Å²) < 4.78 is 17.9. The van der Waals surface area contributed by atoms with Crippen LogP contribution in [0.4, 0.5) is 4.39 Å². The van der Waals surface area contributed by atoms with E-state index >= 15 is 0 Å². The fraction of sp³-hybridized carbons (Fsp3) is 0.462. The van der Waals surface area contributed by atoms with Crippen molar-refractivity contribution in [2.45, 2.75) is 38.0 Å². The van der Waals surface area contributed by atoms with Gasteiger partial charge in [-0.05, 0) is 25.0 Å². The predicted molar refractivity (Wildman–Crippen MR) is 63.3 cm³/mol. The highest BCUT2D eigenvalue weighted by Gasteiger charge is 2.21. The van der Waals surface area contributed by atoms with Crippen LogP contribution in [0.5, 0.6) is 0 Å². The molecule has 2 aromatic rings. The van der Waals surface area contributed by atoms with Gasteiger partial charge in [-0.1, -0.05) is 24.4 Å². The highest BCUT2D eigenvalue weighted by atomic mass is 19.1. The van der Waals surface area contributed by atoms with Gasteiger partial charge >= 0.3 is 0 Å². The van der Waals surface area contributed by atoms with Crippen LogP contribution in [0.25, 0.3) is 11.5 Å². The number of pyridine rings is 1. The number of rotatable bonds is 2. The van der Waals surface area contributed by atoms with Gasteiger partial charge in [0.15, 0.2) is 5.82 Å². The lowest BCUT2D eigenvalue weighted by atomic mass is 9.89. The molecular weight excluding hydrogens is 233 g/mol. The van der Waals surface area contributed by atoms with Crippen molar-refractivity contribution < 1.29 is 8.91 Å². The molecule has 5 heteroatoms. The van der Waals surface area contributed by atoms with Crippen molar-refractivity contribution in [1.82, 2.24) is 15.1 Å². The van der Waals surface area contributed by atoms with Gasteiger partial charge in [0.05, 0.1) is 5.56 Å². The van der Waals surface area contributed by atoms with Crippen LogP contribution in [0.1, 0.15) is 43.8 Å². The van der Waals surface area contributed by atoms with Crippen molar-refractivity contribution in [2.24, 2.45) is 0 Å². The van der Waals surface area contributed by atoms with Gasteiger partial charge in [0.25, 0.3) is 5.89 Å². The second-order valence-corrected chi connectivity index (χ2v) is 4.66. The van der Waals surface area contributed by atoms with Gasteiger partial charge in [-0.25, -0.2) is 4.98 Å². The molecule has 0 saturated heterocycles. The van der Waals surface area contributed by atoms with Crippen LogP contribution in [0, 0.1) is 5.95 Å². The second-order valence-electron chi connectivity index (χ2n) is 4.66. The summed E-state index contributed by atoms with van der Waals surface area (Å²) in [6, 6.07) is 2.89. The van der Waals surface area contributed by atoms with E-state index in [0.29, 0.717) is 17.4 Å². The topological polar surface area (TPSA) is 51.8 Å². The Morgan fingerprint density at radius 3 is 2.72 bits per heavy atom. The van der Waals surface area contributed by atoms with Crippen LogP contribution in [-0.4, -0.2) is 15.1 Å². The summed E-state index contributed by atoms with van der Waals surface area (Å²) in [6.07, 6.45) is 7.41. The Labute approximate surface area is 104 Å². The molecule has 3 rings (SSSR count). The maximum Gasteiger partial charge on any atom is 0.259 e. The summed E-state index contributed by atoms with van der Waals surface area (Å²) in [5.74, 6) is 1.09. The molecule has 2 heterocycles. The molecule has 0 N–H and O–H groups in total. The molecule has 0 bridgehead atoms. The maximum absolute atomic E-state index is 12.7. The Hall–Kier alpha value is -1.78. The van der Waals surface area contributed by atoms with E-state index < -0.39 is 5.95 Å². The quantitative estimate of drug-likeness (QED) is 0.764. The van der Waals surface area contributed by atoms with Crippen molar-refractivity contribution in [3.8, 4) is 11.5 Å². The molecule has 0 spiro atoms. The van der Waals surface area contributed by atoms with E-state index in [-0.39, 0.29) is 0 Å². The molecule has 0 amide bonds. The van der Waals surface area contributed by atoms with Crippen molar-refractivity contribution in [3.63, 3.8) is 0 Å². The molecule has 0 aromatic carbocycles. The highest BCUT2D eigenvalue weighted by Crippen LogP contribution is 2.31. The van der Waals surface area contributed by atoms with E-state index in [2.05, 4.69) is 15.1 Å². The van der Waals surface area contributed by atoms with E-state index in [1.807, 2.05) is 0 Å². The SMILES string of the molecule is Fc1ccc(-c2nc(C3CCCCC3)no2)cn1. The first-order valence-electron chi connectivity index (χ1n) is 6.28. The lowest BCUT2D eigenvalue weighted by molar-refractivity contribution is 0.385. The maximum atomic E-state index is 12.7. The van der Waals surface area contributed by atoms with Crippen LogP contribution in [0.15, 0.2) is 22.9 Å². The van der Waals surface area contributed by atoms with E-state index in [0.717, 1.165) is 18.7 Å². The molecule has 0 aliphatic heterocycles. The average molecular weight is 247 g/mol. The lowest BCUT2D eigenvalue weighted by Gasteiger charge is -2.17. The van der Waals surface area contributed by atoms with Gasteiger partial charge in [0.2, 0.25) is 5.95 Å². The summed E-state index contributed by atoms with van der Waals surface area (Å²) in [7, 11) is 0. The van der Waals surface area contributed by atoms with Crippen molar-refractivity contribution in [1.29, 1.82) is 0 Å². The van der Waals surface area contributed by atoms with Crippen LogP contribution in [-0.2, 0) is 0 Å². The Morgan fingerprint density at radius 1 is 1.17 bits per heavy atom. The first-order valence-corrected chi connectivity index (χ1v) is 6.28. The number of halogens is 1.